The molecule has 6 nitrogen and oxygen atoms in total. The molecule has 1 aliphatic rings. The SMILES string of the molecule is O=C(NC1CCC(C(=O)O)C1)c1ccc(=O)oc1. The third-order valence-electron chi connectivity index (χ3n) is 3.08. The molecule has 1 aromatic rings. The topological polar surface area (TPSA) is 96.6 Å². The lowest BCUT2D eigenvalue weighted by Crippen LogP contribution is -2.33. The minimum atomic E-state index is -0.822. The molecule has 0 bridgehead atoms. The van der Waals surface area contributed by atoms with E-state index in [-0.39, 0.29) is 23.4 Å². The zero-order chi connectivity index (χ0) is 13.1. The van der Waals surface area contributed by atoms with Crippen molar-refractivity contribution in [3.8, 4) is 0 Å². The van der Waals surface area contributed by atoms with Crippen LogP contribution in [-0.4, -0.2) is 23.0 Å². The van der Waals surface area contributed by atoms with Crippen LogP contribution in [0.25, 0.3) is 0 Å². The van der Waals surface area contributed by atoms with Gasteiger partial charge in [-0.25, -0.2) is 4.79 Å². The van der Waals surface area contributed by atoms with Gasteiger partial charge >= 0.3 is 11.6 Å². The first-order valence-corrected chi connectivity index (χ1v) is 5.69. The lowest BCUT2D eigenvalue weighted by molar-refractivity contribution is -0.141. The van der Waals surface area contributed by atoms with Crippen molar-refractivity contribution in [2.45, 2.75) is 25.3 Å². The van der Waals surface area contributed by atoms with Gasteiger partial charge in [0.05, 0.1) is 11.5 Å². The quantitative estimate of drug-likeness (QED) is 0.821. The minimum Gasteiger partial charge on any atom is -0.481 e. The van der Waals surface area contributed by atoms with Crippen LogP contribution in [0.4, 0.5) is 0 Å². The summed E-state index contributed by atoms with van der Waals surface area (Å²) in [7, 11) is 0. The Bertz CT molecular complexity index is 501. The largest absolute Gasteiger partial charge is 0.481 e. The summed E-state index contributed by atoms with van der Waals surface area (Å²) in [6.45, 7) is 0. The Morgan fingerprint density at radius 3 is 2.67 bits per heavy atom. The van der Waals surface area contributed by atoms with Crippen LogP contribution in [0.15, 0.2) is 27.6 Å². The molecule has 2 atom stereocenters. The highest BCUT2D eigenvalue weighted by atomic mass is 16.4. The highest BCUT2D eigenvalue weighted by Gasteiger charge is 2.30. The van der Waals surface area contributed by atoms with Crippen molar-refractivity contribution in [3.63, 3.8) is 0 Å². The maximum atomic E-state index is 11.8. The van der Waals surface area contributed by atoms with Crippen molar-refractivity contribution >= 4 is 11.9 Å². The Morgan fingerprint density at radius 1 is 1.33 bits per heavy atom. The van der Waals surface area contributed by atoms with E-state index in [2.05, 4.69) is 9.73 Å². The highest BCUT2D eigenvalue weighted by Crippen LogP contribution is 2.25. The van der Waals surface area contributed by atoms with Crippen molar-refractivity contribution in [1.29, 1.82) is 0 Å². The fraction of sp³-hybridized carbons (Fsp3) is 0.417. The van der Waals surface area contributed by atoms with Crippen LogP contribution in [0.2, 0.25) is 0 Å². The van der Waals surface area contributed by atoms with Crippen molar-refractivity contribution in [2.75, 3.05) is 0 Å². The summed E-state index contributed by atoms with van der Waals surface area (Å²) < 4.78 is 4.59. The number of carboxylic acids is 1. The van der Waals surface area contributed by atoms with Gasteiger partial charge in [0.2, 0.25) is 0 Å². The van der Waals surface area contributed by atoms with E-state index in [1.54, 1.807) is 0 Å². The molecule has 18 heavy (non-hydrogen) atoms. The Kier molecular flexibility index (Phi) is 3.45. The predicted molar refractivity (Wildman–Crippen MR) is 61.2 cm³/mol. The second kappa shape index (κ2) is 5.03. The molecule has 0 spiro atoms. The van der Waals surface area contributed by atoms with Gasteiger partial charge in [-0.05, 0) is 25.3 Å². The molecule has 1 saturated carbocycles. The Balaban J connectivity index is 1.94. The number of nitrogens with one attached hydrogen (secondary N) is 1. The lowest BCUT2D eigenvalue weighted by Gasteiger charge is -2.11. The van der Waals surface area contributed by atoms with Gasteiger partial charge in [-0.2, -0.15) is 0 Å². The third kappa shape index (κ3) is 2.77. The number of hydrogen-bond acceptors (Lipinski definition) is 4. The van der Waals surface area contributed by atoms with Crippen LogP contribution in [0.3, 0.4) is 0 Å². The van der Waals surface area contributed by atoms with Gasteiger partial charge in [-0.15, -0.1) is 0 Å². The number of carbonyl (C=O) groups excluding carboxylic acids is 1. The molecule has 0 aliphatic heterocycles. The van der Waals surface area contributed by atoms with E-state index in [4.69, 9.17) is 5.11 Å². The van der Waals surface area contributed by atoms with Crippen molar-refractivity contribution in [1.82, 2.24) is 5.32 Å². The van der Waals surface area contributed by atoms with Gasteiger partial charge in [0, 0.05) is 12.1 Å². The number of rotatable bonds is 3. The van der Waals surface area contributed by atoms with E-state index in [1.807, 2.05) is 0 Å². The Hall–Kier alpha value is -2.11. The van der Waals surface area contributed by atoms with E-state index >= 15 is 0 Å². The molecule has 2 unspecified atom stereocenters. The van der Waals surface area contributed by atoms with Crippen LogP contribution in [-0.2, 0) is 4.79 Å². The first kappa shape index (κ1) is 12.3. The highest BCUT2D eigenvalue weighted by molar-refractivity contribution is 5.93. The maximum absolute atomic E-state index is 11.8. The lowest BCUT2D eigenvalue weighted by atomic mass is 10.1. The summed E-state index contributed by atoms with van der Waals surface area (Å²) in [4.78, 5) is 33.3. The zero-order valence-corrected chi connectivity index (χ0v) is 9.59. The third-order valence-corrected chi connectivity index (χ3v) is 3.08. The van der Waals surface area contributed by atoms with Gasteiger partial charge < -0.3 is 14.8 Å². The molecule has 2 rings (SSSR count). The Labute approximate surface area is 103 Å². The van der Waals surface area contributed by atoms with Gasteiger partial charge in [-0.3, -0.25) is 9.59 Å². The molecule has 0 aromatic carbocycles. The summed E-state index contributed by atoms with van der Waals surface area (Å²) in [6, 6.07) is 2.42. The molecule has 1 heterocycles. The van der Waals surface area contributed by atoms with Gasteiger partial charge in [0.15, 0.2) is 0 Å². The van der Waals surface area contributed by atoms with Crippen LogP contribution in [0.1, 0.15) is 29.6 Å². The van der Waals surface area contributed by atoms with E-state index in [1.165, 1.54) is 12.1 Å². The summed E-state index contributed by atoms with van der Waals surface area (Å²) in [5, 5.41) is 11.6. The molecule has 96 valence electrons. The van der Waals surface area contributed by atoms with Crippen LogP contribution >= 0.6 is 0 Å². The smallest absolute Gasteiger partial charge is 0.335 e. The first-order valence-electron chi connectivity index (χ1n) is 5.69. The van der Waals surface area contributed by atoms with Crippen LogP contribution in [0.5, 0.6) is 0 Å². The molecule has 2 N–H and O–H groups in total. The summed E-state index contributed by atoms with van der Waals surface area (Å²) in [5.41, 5.74) is -0.258. The zero-order valence-electron chi connectivity index (χ0n) is 9.59. The molecule has 1 aromatic heterocycles. The van der Waals surface area contributed by atoms with E-state index in [0.29, 0.717) is 19.3 Å². The first-order chi connectivity index (χ1) is 8.56. The van der Waals surface area contributed by atoms with Gasteiger partial charge in [-0.1, -0.05) is 0 Å². The molecule has 0 saturated heterocycles. The molecule has 6 heteroatoms. The van der Waals surface area contributed by atoms with Gasteiger partial charge in [0.25, 0.3) is 5.91 Å². The number of carboxylic acid groups (broad SMARTS) is 1. The average Bonchev–Trinajstić information content (AvgIpc) is 2.78. The predicted octanol–water partition coefficient (Wildman–Crippen LogP) is 0.623. The van der Waals surface area contributed by atoms with Gasteiger partial charge in [0.1, 0.15) is 6.26 Å². The molecule has 1 amide bonds. The number of aliphatic carboxylic acids is 1. The molecule has 1 fully saturated rings. The van der Waals surface area contributed by atoms with Crippen molar-refractivity contribution in [2.24, 2.45) is 5.92 Å². The fourth-order valence-corrected chi connectivity index (χ4v) is 2.09. The Morgan fingerprint density at radius 2 is 2.11 bits per heavy atom. The van der Waals surface area contributed by atoms with E-state index < -0.39 is 11.6 Å². The number of amides is 1. The number of carbonyl (C=O) groups is 2. The van der Waals surface area contributed by atoms with Crippen molar-refractivity contribution in [3.05, 3.63) is 34.4 Å². The van der Waals surface area contributed by atoms with E-state index in [0.717, 1.165) is 6.26 Å². The minimum absolute atomic E-state index is 0.134. The van der Waals surface area contributed by atoms with Crippen LogP contribution < -0.4 is 10.9 Å². The summed E-state index contributed by atoms with van der Waals surface area (Å²) >= 11 is 0. The maximum Gasteiger partial charge on any atom is 0.335 e. The molecular formula is C12H13NO5. The monoisotopic (exact) mass is 251 g/mol. The van der Waals surface area contributed by atoms with Crippen LogP contribution in [0, 0.1) is 5.92 Å². The molecular weight excluding hydrogens is 238 g/mol. The summed E-state index contributed by atoms with van der Waals surface area (Å²) in [5.74, 6) is -1.56. The normalized spacial score (nSPS) is 22.7. The van der Waals surface area contributed by atoms with E-state index in [9.17, 15) is 14.4 Å². The number of hydrogen-bond donors (Lipinski definition) is 2. The molecule has 0 radical (unpaired) electrons. The second-order valence-electron chi connectivity index (χ2n) is 4.36. The fourth-order valence-electron chi connectivity index (χ4n) is 2.09. The average molecular weight is 251 g/mol. The molecule has 1 aliphatic carbocycles. The summed E-state index contributed by atoms with van der Waals surface area (Å²) in [6.07, 6.45) is 2.77. The standard InChI is InChI=1S/C12H13NO5/c14-10-4-2-8(6-18-10)11(15)13-9-3-1-7(5-9)12(16)17/h2,4,6-7,9H,1,3,5H2,(H,13,15)(H,16,17). The second-order valence-corrected chi connectivity index (χ2v) is 4.36. The van der Waals surface area contributed by atoms with Crippen molar-refractivity contribution < 1.29 is 19.1 Å².